The van der Waals surface area contributed by atoms with Crippen LogP contribution >= 0.6 is 0 Å². The van der Waals surface area contributed by atoms with Gasteiger partial charge in [0, 0.05) is 12.6 Å². The lowest BCUT2D eigenvalue weighted by molar-refractivity contribution is -0.123. The number of hydrogen-bond acceptors (Lipinski definition) is 4. The molecule has 0 radical (unpaired) electrons. The van der Waals surface area contributed by atoms with Crippen molar-refractivity contribution in [2.45, 2.75) is 39.8 Å². The molecule has 0 spiro atoms. The maximum Gasteiger partial charge on any atom is 0.236 e. The Balaban J connectivity index is 2.66. The first-order valence-electron chi connectivity index (χ1n) is 6.87. The Morgan fingerprint density at radius 3 is 2.20 bits per heavy atom. The van der Waals surface area contributed by atoms with Gasteiger partial charge in [-0.05, 0) is 31.9 Å². The van der Waals surface area contributed by atoms with Crippen LogP contribution in [0, 0.1) is 5.92 Å². The van der Waals surface area contributed by atoms with Gasteiger partial charge in [0.25, 0.3) is 0 Å². The lowest BCUT2D eigenvalue weighted by atomic mass is 10.0. The molecule has 0 heterocycles. The van der Waals surface area contributed by atoms with Crippen molar-refractivity contribution in [1.82, 2.24) is 10.6 Å². The van der Waals surface area contributed by atoms with Gasteiger partial charge in [-0.1, -0.05) is 19.9 Å². The van der Waals surface area contributed by atoms with Crippen LogP contribution in [-0.4, -0.2) is 28.7 Å². The molecule has 2 atom stereocenters. The van der Waals surface area contributed by atoms with Crippen molar-refractivity contribution < 1.29 is 15.0 Å². The maximum atomic E-state index is 11.9. The summed E-state index contributed by atoms with van der Waals surface area (Å²) in [6.07, 6.45) is 0. The summed E-state index contributed by atoms with van der Waals surface area (Å²) in [5, 5.41) is 25.5. The fourth-order valence-electron chi connectivity index (χ4n) is 1.98. The minimum atomic E-state index is -0.414. The highest BCUT2D eigenvalue weighted by Crippen LogP contribution is 2.32. The van der Waals surface area contributed by atoms with E-state index in [-0.39, 0.29) is 23.4 Å². The van der Waals surface area contributed by atoms with Gasteiger partial charge in [-0.25, -0.2) is 0 Å². The number of phenols is 2. The average Bonchev–Trinajstić information content (AvgIpc) is 2.35. The van der Waals surface area contributed by atoms with Gasteiger partial charge < -0.3 is 15.5 Å². The van der Waals surface area contributed by atoms with E-state index in [9.17, 15) is 15.0 Å². The lowest BCUT2D eigenvalue weighted by Gasteiger charge is -2.21. The standard InChI is InChI=1S/C15H24N2O3/c1-9(2)8-16-15(20)11(4)17-10(3)14-12(18)6-5-7-13(14)19/h5-7,9-11,17-19H,8H2,1-4H3,(H,16,20). The van der Waals surface area contributed by atoms with Crippen molar-refractivity contribution in [1.29, 1.82) is 0 Å². The Hall–Kier alpha value is -1.75. The molecule has 4 N–H and O–H groups in total. The van der Waals surface area contributed by atoms with Gasteiger partial charge in [-0.3, -0.25) is 10.1 Å². The van der Waals surface area contributed by atoms with Gasteiger partial charge in [0.05, 0.1) is 11.6 Å². The second-order valence-corrected chi connectivity index (χ2v) is 5.46. The number of nitrogens with one attached hydrogen (secondary N) is 2. The van der Waals surface area contributed by atoms with Gasteiger partial charge in [0.2, 0.25) is 5.91 Å². The van der Waals surface area contributed by atoms with Gasteiger partial charge in [0.15, 0.2) is 0 Å². The molecule has 5 heteroatoms. The molecule has 2 unspecified atom stereocenters. The summed E-state index contributed by atoms with van der Waals surface area (Å²) in [6, 6.07) is 3.84. The summed E-state index contributed by atoms with van der Waals surface area (Å²) in [7, 11) is 0. The minimum Gasteiger partial charge on any atom is -0.507 e. The van der Waals surface area contributed by atoms with Crippen LogP contribution in [0.4, 0.5) is 0 Å². The van der Waals surface area contributed by atoms with E-state index in [1.807, 2.05) is 13.8 Å². The van der Waals surface area contributed by atoms with Crippen LogP contribution in [0.5, 0.6) is 11.5 Å². The Morgan fingerprint density at radius 2 is 1.70 bits per heavy atom. The van der Waals surface area contributed by atoms with Crippen LogP contribution < -0.4 is 10.6 Å². The third-order valence-corrected chi connectivity index (χ3v) is 3.07. The second-order valence-electron chi connectivity index (χ2n) is 5.46. The molecule has 0 saturated heterocycles. The fourth-order valence-corrected chi connectivity index (χ4v) is 1.98. The summed E-state index contributed by atoms with van der Waals surface area (Å²) in [6.45, 7) is 8.23. The first-order valence-corrected chi connectivity index (χ1v) is 6.87. The van der Waals surface area contributed by atoms with E-state index >= 15 is 0 Å². The van der Waals surface area contributed by atoms with Crippen LogP contribution in [-0.2, 0) is 4.79 Å². The van der Waals surface area contributed by atoms with Crippen molar-refractivity contribution in [3.8, 4) is 11.5 Å². The van der Waals surface area contributed by atoms with Gasteiger partial charge >= 0.3 is 0 Å². The molecule has 112 valence electrons. The van der Waals surface area contributed by atoms with Crippen LogP contribution in [0.25, 0.3) is 0 Å². The van der Waals surface area contributed by atoms with E-state index in [4.69, 9.17) is 0 Å². The summed E-state index contributed by atoms with van der Waals surface area (Å²) in [5.74, 6) is 0.325. The smallest absolute Gasteiger partial charge is 0.236 e. The summed E-state index contributed by atoms with van der Waals surface area (Å²) < 4.78 is 0. The summed E-state index contributed by atoms with van der Waals surface area (Å²) in [5.41, 5.74) is 0.399. The monoisotopic (exact) mass is 280 g/mol. The summed E-state index contributed by atoms with van der Waals surface area (Å²) in [4.78, 5) is 11.9. The molecule has 20 heavy (non-hydrogen) atoms. The topological polar surface area (TPSA) is 81.6 Å². The predicted octanol–water partition coefficient (Wildman–Crippen LogP) is 1.91. The molecular weight excluding hydrogens is 256 g/mol. The van der Waals surface area contributed by atoms with E-state index < -0.39 is 6.04 Å². The Bertz CT molecular complexity index is 440. The molecule has 1 amide bonds. The number of phenolic OH excluding ortho intramolecular Hbond substituents is 2. The Labute approximate surface area is 120 Å². The quantitative estimate of drug-likeness (QED) is 0.641. The van der Waals surface area contributed by atoms with Crippen molar-refractivity contribution in [2.24, 2.45) is 5.92 Å². The SMILES string of the molecule is CC(C)CNC(=O)C(C)NC(C)c1c(O)cccc1O. The van der Waals surface area contributed by atoms with Gasteiger partial charge in [-0.15, -0.1) is 0 Å². The lowest BCUT2D eigenvalue weighted by Crippen LogP contribution is -2.44. The highest BCUT2D eigenvalue weighted by Gasteiger charge is 2.20. The van der Waals surface area contributed by atoms with E-state index in [2.05, 4.69) is 10.6 Å². The highest BCUT2D eigenvalue weighted by atomic mass is 16.3. The molecule has 0 saturated carbocycles. The molecule has 1 aromatic carbocycles. The molecule has 1 aromatic rings. The molecule has 0 aliphatic carbocycles. The van der Waals surface area contributed by atoms with Crippen molar-refractivity contribution in [2.75, 3.05) is 6.54 Å². The van der Waals surface area contributed by atoms with Crippen LogP contribution in [0.3, 0.4) is 0 Å². The molecule has 5 nitrogen and oxygen atoms in total. The third-order valence-electron chi connectivity index (χ3n) is 3.07. The van der Waals surface area contributed by atoms with Crippen molar-refractivity contribution in [3.05, 3.63) is 23.8 Å². The van der Waals surface area contributed by atoms with E-state index in [1.165, 1.54) is 12.1 Å². The third kappa shape index (κ3) is 4.42. The Kier molecular flexibility index (Phi) is 5.82. The zero-order valence-electron chi connectivity index (χ0n) is 12.5. The fraction of sp³-hybridized carbons (Fsp3) is 0.533. The van der Waals surface area contributed by atoms with E-state index in [0.717, 1.165) is 0 Å². The van der Waals surface area contributed by atoms with Crippen LogP contribution in [0.1, 0.15) is 39.3 Å². The largest absolute Gasteiger partial charge is 0.507 e. The van der Waals surface area contributed by atoms with Gasteiger partial charge in [-0.2, -0.15) is 0 Å². The van der Waals surface area contributed by atoms with Gasteiger partial charge in [0.1, 0.15) is 11.5 Å². The first kappa shape index (κ1) is 16.3. The Morgan fingerprint density at radius 1 is 1.15 bits per heavy atom. The number of aromatic hydroxyl groups is 2. The highest BCUT2D eigenvalue weighted by molar-refractivity contribution is 5.81. The zero-order chi connectivity index (χ0) is 15.3. The number of carbonyl (C=O) groups is 1. The van der Waals surface area contributed by atoms with Crippen LogP contribution in [0.15, 0.2) is 18.2 Å². The number of carbonyl (C=O) groups excluding carboxylic acids is 1. The number of amides is 1. The van der Waals surface area contributed by atoms with Crippen molar-refractivity contribution >= 4 is 5.91 Å². The molecular formula is C15H24N2O3. The zero-order valence-corrected chi connectivity index (χ0v) is 12.5. The molecule has 0 fully saturated rings. The molecule has 0 bridgehead atoms. The number of benzene rings is 1. The molecule has 0 aliphatic rings. The minimum absolute atomic E-state index is 0.0137. The van der Waals surface area contributed by atoms with Crippen molar-refractivity contribution in [3.63, 3.8) is 0 Å². The predicted molar refractivity (Wildman–Crippen MR) is 78.6 cm³/mol. The van der Waals surface area contributed by atoms with E-state index in [1.54, 1.807) is 19.9 Å². The normalized spacial score (nSPS) is 14.1. The number of hydrogen-bond donors (Lipinski definition) is 4. The van der Waals surface area contributed by atoms with E-state index in [0.29, 0.717) is 18.0 Å². The summed E-state index contributed by atoms with van der Waals surface area (Å²) >= 11 is 0. The first-order chi connectivity index (χ1) is 9.32. The molecule has 1 rings (SSSR count). The second kappa shape index (κ2) is 7.14. The molecule has 0 aromatic heterocycles. The maximum absolute atomic E-state index is 11.9. The molecule has 0 aliphatic heterocycles. The number of rotatable bonds is 6. The van der Waals surface area contributed by atoms with Crippen LogP contribution in [0.2, 0.25) is 0 Å². The average molecular weight is 280 g/mol.